The van der Waals surface area contributed by atoms with Gasteiger partial charge in [0, 0.05) is 31.8 Å². The largest absolute Gasteiger partial charge is 0.356 e. The van der Waals surface area contributed by atoms with Crippen molar-refractivity contribution in [1.29, 1.82) is 0 Å². The molecular formula is C20H19N5O2S. The Morgan fingerprint density at radius 2 is 2.04 bits per heavy atom. The molecule has 142 valence electrons. The van der Waals surface area contributed by atoms with Crippen LogP contribution in [0.15, 0.2) is 53.3 Å². The molecule has 28 heavy (non-hydrogen) atoms. The van der Waals surface area contributed by atoms with Gasteiger partial charge in [-0.25, -0.2) is 4.98 Å². The number of fused-ring (bicyclic) bond motifs is 1. The standard InChI is InChI=1S/C20H19N5O2S/c26-18(8-3-9-19-23-15-6-1-2-7-16(15)28-19)22-12-10-17-24-20(27-25-17)14-5-4-11-21-13-14/h1-2,4-7,11,13H,3,8-10,12H2,(H,22,26). The van der Waals surface area contributed by atoms with Crippen molar-refractivity contribution in [1.82, 2.24) is 25.4 Å². The van der Waals surface area contributed by atoms with E-state index >= 15 is 0 Å². The van der Waals surface area contributed by atoms with Crippen LogP contribution in [0.3, 0.4) is 0 Å². The first-order valence-corrected chi connectivity index (χ1v) is 9.94. The van der Waals surface area contributed by atoms with Crippen LogP contribution >= 0.6 is 11.3 Å². The molecule has 4 rings (SSSR count). The second-order valence-electron chi connectivity index (χ2n) is 6.29. The van der Waals surface area contributed by atoms with Crippen molar-refractivity contribution in [3.63, 3.8) is 0 Å². The molecule has 0 atom stereocenters. The molecular weight excluding hydrogens is 374 g/mol. The Kier molecular flexibility index (Phi) is 5.67. The summed E-state index contributed by atoms with van der Waals surface area (Å²) in [5, 5.41) is 7.92. The maximum atomic E-state index is 12.0. The van der Waals surface area contributed by atoms with Crippen molar-refractivity contribution >= 4 is 27.5 Å². The van der Waals surface area contributed by atoms with Gasteiger partial charge in [-0.3, -0.25) is 9.78 Å². The molecule has 0 saturated heterocycles. The fourth-order valence-corrected chi connectivity index (χ4v) is 3.80. The number of carbonyl (C=O) groups is 1. The van der Waals surface area contributed by atoms with Gasteiger partial charge in [-0.1, -0.05) is 17.3 Å². The van der Waals surface area contributed by atoms with E-state index in [4.69, 9.17) is 4.52 Å². The summed E-state index contributed by atoms with van der Waals surface area (Å²) in [6.07, 6.45) is 5.94. The molecule has 7 nitrogen and oxygen atoms in total. The number of rotatable bonds is 8. The number of hydrogen-bond acceptors (Lipinski definition) is 7. The van der Waals surface area contributed by atoms with E-state index in [1.807, 2.05) is 30.3 Å². The van der Waals surface area contributed by atoms with Gasteiger partial charge in [0.25, 0.3) is 5.89 Å². The van der Waals surface area contributed by atoms with Crippen LogP contribution in [0.2, 0.25) is 0 Å². The molecule has 3 aromatic heterocycles. The SMILES string of the molecule is O=C(CCCc1nc2ccccc2s1)NCCc1noc(-c2cccnc2)n1. The quantitative estimate of drug-likeness (QED) is 0.493. The lowest BCUT2D eigenvalue weighted by Crippen LogP contribution is -2.25. The average molecular weight is 393 g/mol. The smallest absolute Gasteiger partial charge is 0.259 e. The van der Waals surface area contributed by atoms with E-state index in [0.717, 1.165) is 28.9 Å². The van der Waals surface area contributed by atoms with Crippen molar-refractivity contribution in [2.24, 2.45) is 0 Å². The Balaban J connectivity index is 1.18. The predicted octanol–water partition coefficient (Wildman–Crippen LogP) is 3.42. The summed E-state index contributed by atoms with van der Waals surface area (Å²) >= 11 is 1.69. The summed E-state index contributed by atoms with van der Waals surface area (Å²) in [4.78, 5) is 25.0. The highest BCUT2D eigenvalue weighted by Crippen LogP contribution is 2.22. The third-order valence-electron chi connectivity index (χ3n) is 4.18. The fraction of sp³-hybridized carbons (Fsp3) is 0.250. The van der Waals surface area contributed by atoms with Crippen LogP contribution in [0.4, 0.5) is 0 Å². The first kappa shape index (κ1) is 18.2. The summed E-state index contributed by atoms with van der Waals surface area (Å²) < 4.78 is 6.42. The summed E-state index contributed by atoms with van der Waals surface area (Å²) in [5.74, 6) is 1.02. The molecule has 0 radical (unpaired) electrons. The monoisotopic (exact) mass is 393 g/mol. The predicted molar refractivity (Wildman–Crippen MR) is 107 cm³/mol. The zero-order valence-electron chi connectivity index (χ0n) is 15.2. The van der Waals surface area contributed by atoms with E-state index in [1.54, 1.807) is 23.7 Å². The van der Waals surface area contributed by atoms with Crippen LogP contribution < -0.4 is 5.32 Å². The molecule has 4 aromatic rings. The molecule has 0 spiro atoms. The van der Waals surface area contributed by atoms with E-state index in [-0.39, 0.29) is 5.91 Å². The van der Waals surface area contributed by atoms with Crippen LogP contribution in [0.25, 0.3) is 21.7 Å². The van der Waals surface area contributed by atoms with Gasteiger partial charge in [0.1, 0.15) is 0 Å². The number of thiazole rings is 1. The fourth-order valence-electron chi connectivity index (χ4n) is 2.79. The highest BCUT2D eigenvalue weighted by molar-refractivity contribution is 7.18. The molecule has 3 heterocycles. The molecule has 1 amide bonds. The van der Waals surface area contributed by atoms with Crippen LogP contribution in [0, 0.1) is 0 Å². The summed E-state index contributed by atoms with van der Waals surface area (Å²) in [7, 11) is 0. The topological polar surface area (TPSA) is 93.8 Å². The van der Waals surface area contributed by atoms with Crippen LogP contribution in [-0.2, 0) is 17.6 Å². The normalized spacial score (nSPS) is 11.0. The first-order chi connectivity index (χ1) is 13.8. The maximum absolute atomic E-state index is 12.0. The van der Waals surface area contributed by atoms with Gasteiger partial charge in [-0.05, 0) is 37.1 Å². The number of nitrogens with zero attached hydrogens (tertiary/aromatic N) is 4. The number of aromatic nitrogens is 4. The maximum Gasteiger partial charge on any atom is 0.259 e. The minimum absolute atomic E-state index is 0.0251. The lowest BCUT2D eigenvalue weighted by atomic mass is 10.2. The Morgan fingerprint density at radius 1 is 1.11 bits per heavy atom. The van der Waals surface area contributed by atoms with Gasteiger partial charge in [-0.2, -0.15) is 4.98 Å². The Morgan fingerprint density at radius 3 is 2.89 bits per heavy atom. The van der Waals surface area contributed by atoms with E-state index in [1.165, 1.54) is 4.70 Å². The van der Waals surface area contributed by atoms with Gasteiger partial charge in [-0.15, -0.1) is 11.3 Å². The summed E-state index contributed by atoms with van der Waals surface area (Å²) in [6.45, 7) is 0.478. The first-order valence-electron chi connectivity index (χ1n) is 9.12. The minimum Gasteiger partial charge on any atom is -0.356 e. The third-order valence-corrected chi connectivity index (χ3v) is 5.28. The minimum atomic E-state index is 0.0251. The number of amides is 1. The average Bonchev–Trinajstić information content (AvgIpc) is 3.35. The summed E-state index contributed by atoms with van der Waals surface area (Å²) in [5.41, 5.74) is 1.80. The van der Waals surface area contributed by atoms with Gasteiger partial charge in [0.15, 0.2) is 5.82 Å². The number of para-hydroxylation sites is 1. The lowest BCUT2D eigenvalue weighted by molar-refractivity contribution is -0.121. The van der Waals surface area contributed by atoms with Crippen molar-refractivity contribution in [3.05, 3.63) is 59.6 Å². The molecule has 0 saturated carbocycles. The molecule has 1 aromatic carbocycles. The molecule has 0 unspecified atom stereocenters. The van der Waals surface area contributed by atoms with E-state index in [0.29, 0.717) is 31.1 Å². The van der Waals surface area contributed by atoms with E-state index in [9.17, 15) is 4.79 Å². The number of aryl methyl sites for hydroxylation is 1. The zero-order valence-corrected chi connectivity index (χ0v) is 16.0. The Bertz CT molecular complexity index is 1030. The molecule has 1 N–H and O–H groups in total. The number of pyridine rings is 1. The van der Waals surface area contributed by atoms with Crippen molar-refractivity contribution in [3.8, 4) is 11.5 Å². The second kappa shape index (κ2) is 8.71. The number of benzene rings is 1. The third kappa shape index (κ3) is 4.58. The molecule has 8 heteroatoms. The van der Waals surface area contributed by atoms with Crippen molar-refractivity contribution in [2.45, 2.75) is 25.7 Å². The number of nitrogens with one attached hydrogen (secondary N) is 1. The van der Waals surface area contributed by atoms with Crippen LogP contribution in [-0.4, -0.2) is 32.6 Å². The highest BCUT2D eigenvalue weighted by Gasteiger charge is 2.10. The zero-order chi connectivity index (χ0) is 19.2. The molecule has 0 aliphatic heterocycles. The van der Waals surface area contributed by atoms with E-state index in [2.05, 4.69) is 31.5 Å². The molecule has 0 fully saturated rings. The van der Waals surface area contributed by atoms with E-state index < -0.39 is 0 Å². The molecule has 0 aliphatic carbocycles. The lowest BCUT2D eigenvalue weighted by Gasteiger charge is -2.02. The number of carbonyl (C=O) groups excluding carboxylic acids is 1. The summed E-state index contributed by atoms with van der Waals surface area (Å²) in [6, 6.07) is 11.8. The van der Waals surface area contributed by atoms with Crippen LogP contribution in [0.5, 0.6) is 0 Å². The van der Waals surface area contributed by atoms with Crippen molar-refractivity contribution < 1.29 is 9.32 Å². The second-order valence-corrected chi connectivity index (χ2v) is 7.40. The van der Waals surface area contributed by atoms with Gasteiger partial charge in [0.05, 0.1) is 20.8 Å². The van der Waals surface area contributed by atoms with Crippen LogP contribution in [0.1, 0.15) is 23.7 Å². The molecule has 0 bridgehead atoms. The number of hydrogen-bond donors (Lipinski definition) is 1. The van der Waals surface area contributed by atoms with Gasteiger partial charge >= 0.3 is 0 Å². The Hall–Kier alpha value is -3.13. The molecule has 0 aliphatic rings. The Labute approximate surface area is 165 Å². The van der Waals surface area contributed by atoms with Gasteiger partial charge in [0.2, 0.25) is 5.91 Å². The van der Waals surface area contributed by atoms with Gasteiger partial charge < -0.3 is 9.84 Å². The van der Waals surface area contributed by atoms with Crippen molar-refractivity contribution in [2.75, 3.05) is 6.54 Å². The highest BCUT2D eigenvalue weighted by atomic mass is 32.1.